The molecule has 1 saturated heterocycles. The zero-order chi connectivity index (χ0) is 16.4. The number of hydrogen-bond donors (Lipinski definition) is 1. The first-order chi connectivity index (χ1) is 11.1. The molecule has 4 nitrogen and oxygen atoms in total. The fraction of sp³-hybridized carbons (Fsp3) is 0.526. The summed E-state index contributed by atoms with van der Waals surface area (Å²) in [5.74, 6) is 0. The minimum absolute atomic E-state index is 0.437. The smallest absolute Gasteiger partial charge is 0.152 e. The van der Waals surface area contributed by atoms with Gasteiger partial charge in [-0.25, -0.2) is 0 Å². The number of benzene rings is 1. The minimum Gasteiger partial charge on any atom is -0.390 e. The minimum atomic E-state index is -0.437. The van der Waals surface area contributed by atoms with Crippen molar-refractivity contribution in [2.45, 2.75) is 57.8 Å². The van der Waals surface area contributed by atoms with Crippen molar-refractivity contribution in [3.8, 4) is 0 Å². The Balaban J connectivity index is 1.75. The summed E-state index contributed by atoms with van der Waals surface area (Å²) in [7, 11) is 0. The van der Waals surface area contributed by atoms with E-state index in [9.17, 15) is 9.90 Å². The van der Waals surface area contributed by atoms with E-state index in [1.54, 1.807) is 0 Å². The average Bonchev–Trinajstić information content (AvgIpc) is 2.89. The number of hydrogen-bond acceptors (Lipinski definition) is 3. The lowest BCUT2D eigenvalue weighted by Crippen LogP contribution is -2.47. The number of aliphatic hydroxyl groups is 1. The largest absolute Gasteiger partial charge is 0.390 e. The first-order valence-electron chi connectivity index (χ1n) is 8.57. The molecule has 0 spiro atoms. The van der Waals surface area contributed by atoms with Crippen LogP contribution in [0.2, 0.25) is 0 Å². The fourth-order valence-corrected chi connectivity index (χ4v) is 3.88. The summed E-state index contributed by atoms with van der Waals surface area (Å²) in [6, 6.07) is 8.92. The molecule has 1 aliphatic heterocycles. The number of carbonyl (C=O) groups is 1. The number of carbonyl (C=O) groups excluding carboxylic acids is 1. The highest BCUT2D eigenvalue weighted by Gasteiger charge is 2.26. The van der Waals surface area contributed by atoms with Crippen molar-refractivity contribution in [1.29, 1.82) is 0 Å². The summed E-state index contributed by atoms with van der Waals surface area (Å²) in [5, 5.41) is 11.5. The molecule has 1 aromatic heterocycles. The van der Waals surface area contributed by atoms with Crippen LogP contribution in [0.25, 0.3) is 10.9 Å². The van der Waals surface area contributed by atoms with Crippen LogP contribution >= 0.6 is 0 Å². The Hall–Kier alpha value is -1.65. The van der Waals surface area contributed by atoms with Gasteiger partial charge in [-0.05, 0) is 32.8 Å². The van der Waals surface area contributed by atoms with Crippen molar-refractivity contribution in [2.75, 3.05) is 6.54 Å². The van der Waals surface area contributed by atoms with E-state index in [2.05, 4.69) is 18.7 Å². The molecule has 4 heteroatoms. The number of piperidine rings is 1. The lowest BCUT2D eigenvalue weighted by molar-refractivity contribution is 0.0352. The van der Waals surface area contributed by atoms with Gasteiger partial charge in [0.25, 0.3) is 0 Å². The standard InChI is InChI=1S/C19H26N2O2/c1-14-6-5-7-15(2)21(14)12-17(23)11-20-10-16(13-22)18-8-3-4-9-19(18)20/h3-4,8-10,13-15,17,23H,5-7,11-12H2,1-2H3/t14-,15-,17+/m0/s1. The van der Waals surface area contributed by atoms with Gasteiger partial charge in [-0.2, -0.15) is 0 Å². The maximum atomic E-state index is 11.2. The zero-order valence-electron chi connectivity index (χ0n) is 14.0. The third-order valence-electron chi connectivity index (χ3n) is 5.15. The number of fused-ring (bicyclic) bond motifs is 1. The van der Waals surface area contributed by atoms with Crippen molar-refractivity contribution < 1.29 is 9.90 Å². The average molecular weight is 314 g/mol. The summed E-state index contributed by atoms with van der Waals surface area (Å²) < 4.78 is 2.00. The summed E-state index contributed by atoms with van der Waals surface area (Å²) in [6.45, 7) is 5.70. The van der Waals surface area contributed by atoms with E-state index >= 15 is 0 Å². The Morgan fingerprint density at radius 3 is 2.61 bits per heavy atom. The number of aliphatic hydroxyl groups excluding tert-OH is 1. The Morgan fingerprint density at radius 1 is 1.22 bits per heavy atom. The van der Waals surface area contributed by atoms with Gasteiger partial charge in [-0.15, -0.1) is 0 Å². The Kier molecular flexibility index (Phi) is 4.83. The van der Waals surface area contributed by atoms with Crippen LogP contribution in [0.5, 0.6) is 0 Å². The monoisotopic (exact) mass is 314 g/mol. The number of aldehydes is 1. The lowest BCUT2D eigenvalue weighted by Gasteiger charge is -2.40. The Labute approximate surface area is 137 Å². The van der Waals surface area contributed by atoms with E-state index in [0.29, 0.717) is 30.7 Å². The van der Waals surface area contributed by atoms with Crippen molar-refractivity contribution in [1.82, 2.24) is 9.47 Å². The van der Waals surface area contributed by atoms with Gasteiger partial charge in [-0.3, -0.25) is 9.69 Å². The quantitative estimate of drug-likeness (QED) is 0.863. The molecule has 2 heterocycles. The van der Waals surface area contributed by atoms with Gasteiger partial charge < -0.3 is 9.67 Å². The molecule has 3 atom stereocenters. The van der Waals surface area contributed by atoms with Crippen LogP contribution in [0.4, 0.5) is 0 Å². The molecular formula is C19H26N2O2. The molecular weight excluding hydrogens is 288 g/mol. The van der Waals surface area contributed by atoms with Crippen LogP contribution in [0, 0.1) is 0 Å². The molecule has 23 heavy (non-hydrogen) atoms. The normalized spacial score (nSPS) is 24.0. The number of rotatable bonds is 5. The van der Waals surface area contributed by atoms with Gasteiger partial charge >= 0.3 is 0 Å². The molecule has 0 saturated carbocycles. The molecule has 0 amide bonds. The molecule has 0 bridgehead atoms. The van der Waals surface area contributed by atoms with Crippen molar-refractivity contribution >= 4 is 17.2 Å². The number of aromatic nitrogens is 1. The van der Waals surface area contributed by atoms with Crippen LogP contribution in [-0.4, -0.2) is 45.6 Å². The number of nitrogens with zero attached hydrogens (tertiary/aromatic N) is 2. The van der Waals surface area contributed by atoms with Crippen molar-refractivity contribution in [2.24, 2.45) is 0 Å². The summed E-state index contributed by atoms with van der Waals surface area (Å²) >= 11 is 0. The van der Waals surface area contributed by atoms with E-state index in [-0.39, 0.29) is 0 Å². The predicted octanol–water partition coefficient (Wildman–Crippen LogP) is 3.08. The maximum Gasteiger partial charge on any atom is 0.152 e. The second-order valence-electron chi connectivity index (χ2n) is 6.85. The van der Waals surface area contributed by atoms with E-state index in [0.717, 1.165) is 17.2 Å². The van der Waals surface area contributed by atoms with Gasteiger partial charge in [0.05, 0.1) is 6.10 Å². The third-order valence-corrected chi connectivity index (χ3v) is 5.15. The fourth-order valence-electron chi connectivity index (χ4n) is 3.88. The lowest BCUT2D eigenvalue weighted by atomic mass is 9.97. The van der Waals surface area contributed by atoms with E-state index in [4.69, 9.17) is 0 Å². The van der Waals surface area contributed by atoms with Crippen molar-refractivity contribution in [3.63, 3.8) is 0 Å². The molecule has 0 unspecified atom stereocenters. The van der Waals surface area contributed by atoms with Gasteiger partial charge in [0.2, 0.25) is 0 Å². The molecule has 1 aromatic carbocycles. The SMILES string of the molecule is C[C@H]1CCC[C@H](C)N1C[C@H](O)Cn1cc(C=O)c2ccccc21. The van der Waals surface area contributed by atoms with Gasteiger partial charge in [-0.1, -0.05) is 24.6 Å². The first kappa shape index (κ1) is 16.2. The highest BCUT2D eigenvalue weighted by molar-refractivity contribution is 5.97. The van der Waals surface area contributed by atoms with Crippen LogP contribution in [0.1, 0.15) is 43.5 Å². The molecule has 2 aromatic rings. The van der Waals surface area contributed by atoms with Gasteiger partial charge in [0, 0.05) is 47.8 Å². The highest BCUT2D eigenvalue weighted by Crippen LogP contribution is 2.24. The second kappa shape index (κ2) is 6.85. The van der Waals surface area contributed by atoms with Crippen LogP contribution in [0.15, 0.2) is 30.5 Å². The molecule has 3 rings (SSSR count). The summed E-state index contributed by atoms with van der Waals surface area (Å²) in [4.78, 5) is 13.7. The number of β-amino-alcohol motifs (C(OH)–C–C–N with tert-alkyl or cyclic N) is 1. The number of para-hydroxylation sites is 1. The highest BCUT2D eigenvalue weighted by atomic mass is 16.3. The van der Waals surface area contributed by atoms with Gasteiger partial charge in [0.1, 0.15) is 0 Å². The molecule has 124 valence electrons. The Morgan fingerprint density at radius 2 is 1.91 bits per heavy atom. The number of likely N-dealkylation sites (tertiary alicyclic amines) is 1. The predicted molar refractivity (Wildman–Crippen MR) is 92.8 cm³/mol. The topological polar surface area (TPSA) is 45.5 Å². The van der Waals surface area contributed by atoms with Crippen LogP contribution < -0.4 is 0 Å². The Bertz CT molecular complexity index is 669. The van der Waals surface area contributed by atoms with Crippen LogP contribution in [0.3, 0.4) is 0 Å². The van der Waals surface area contributed by atoms with Crippen LogP contribution in [-0.2, 0) is 6.54 Å². The van der Waals surface area contributed by atoms with E-state index in [1.807, 2.05) is 35.0 Å². The molecule has 1 fully saturated rings. The molecule has 0 radical (unpaired) electrons. The summed E-state index contributed by atoms with van der Waals surface area (Å²) in [6.07, 6.45) is 6.00. The second-order valence-corrected chi connectivity index (χ2v) is 6.85. The maximum absolute atomic E-state index is 11.2. The first-order valence-corrected chi connectivity index (χ1v) is 8.57. The third kappa shape index (κ3) is 3.33. The zero-order valence-corrected chi connectivity index (χ0v) is 14.0. The molecule has 1 N–H and O–H groups in total. The van der Waals surface area contributed by atoms with Gasteiger partial charge in [0.15, 0.2) is 6.29 Å². The molecule has 1 aliphatic rings. The summed E-state index contributed by atoms with van der Waals surface area (Å²) in [5.41, 5.74) is 1.70. The molecule has 0 aliphatic carbocycles. The van der Waals surface area contributed by atoms with E-state index < -0.39 is 6.10 Å². The van der Waals surface area contributed by atoms with Crippen molar-refractivity contribution in [3.05, 3.63) is 36.0 Å². The van der Waals surface area contributed by atoms with E-state index in [1.165, 1.54) is 19.3 Å².